The fourth-order valence-corrected chi connectivity index (χ4v) is 2.85. The van der Waals surface area contributed by atoms with Crippen molar-refractivity contribution in [3.8, 4) is 0 Å². The van der Waals surface area contributed by atoms with Crippen molar-refractivity contribution in [1.29, 1.82) is 0 Å². The highest BCUT2D eigenvalue weighted by molar-refractivity contribution is 5.19. The van der Waals surface area contributed by atoms with Crippen LogP contribution >= 0.6 is 0 Å². The van der Waals surface area contributed by atoms with Gasteiger partial charge >= 0.3 is 0 Å². The van der Waals surface area contributed by atoms with Crippen molar-refractivity contribution in [3.05, 3.63) is 35.9 Å². The van der Waals surface area contributed by atoms with Crippen LogP contribution in [0.3, 0.4) is 0 Å². The van der Waals surface area contributed by atoms with Crippen LogP contribution in [0.15, 0.2) is 30.3 Å². The summed E-state index contributed by atoms with van der Waals surface area (Å²) in [4.78, 5) is 2.61. The maximum Gasteiger partial charge on any atom is 0.0252 e. The minimum Gasteiger partial charge on any atom is -0.310 e. The monoisotopic (exact) mass is 246 g/mol. The third kappa shape index (κ3) is 3.82. The van der Waals surface area contributed by atoms with Crippen molar-refractivity contribution >= 4 is 0 Å². The molecule has 1 aliphatic rings. The topological polar surface area (TPSA) is 15.3 Å². The molecule has 2 heteroatoms. The largest absolute Gasteiger partial charge is 0.310 e. The van der Waals surface area contributed by atoms with Crippen molar-refractivity contribution in [2.75, 3.05) is 26.2 Å². The molecule has 1 atom stereocenters. The average molecular weight is 246 g/mol. The molecule has 1 aromatic carbocycles. The van der Waals surface area contributed by atoms with E-state index in [9.17, 15) is 0 Å². The number of hydrogen-bond donors (Lipinski definition) is 1. The first kappa shape index (κ1) is 13.6. The highest BCUT2D eigenvalue weighted by atomic mass is 15.2. The first-order chi connectivity index (χ1) is 8.57. The quantitative estimate of drug-likeness (QED) is 0.882. The van der Waals surface area contributed by atoms with E-state index in [0.29, 0.717) is 5.92 Å². The lowest BCUT2D eigenvalue weighted by molar-refractivity contribution is 0.222. The lowest BCUT2D eigenvalue weighted by atomic mass is 9.99. The third-order valence-electron chi connectivity index (χ3n) is 3.77. The standard InChI is InChI=1S/C16H26N2/c1-14(15-8-5-4-6-9-15)12-18-11-7-10-17-16(2,3)13-18/h4-6,8-9,14,17H,7,10-13H2,1-3H3. The van der Waals surface area contributed by atoms with Crippen molar-refractivity contribution in [2.24, 2.45) is 0 Å². The molecule has 1 N–H and O–H groups in total. The molecule has 0 amide bonds. The van der Waals surface area contributed by atoms with Crippen LogP contribution in [0.1, 0.15) is 38.7 Å². The molecule has 1 aliphatic heterocycles. The van der Waals surface area contributed by atoms with Gasteiger partial charge in [0.2, 0.25) is 0 Å². The number of nitrogens with zero attached hydrogens (tertiary/aromatic N) is 1. The van der Waals surface area contributed by atoms with E-state index in [4.69, 9.17) is 0 Å². The third-order valence-corrected chi connectivity index (χ3v) is 3.77. The van der Waals surface area contributed by atoms with Crippen molar-refractivity contribution in [3.63, 3.8) is 0 Å². The second-order valence-corrected chi connectivity index (χ2v) is 6.21. The van der Waals surface area contributed by atoms with Crippen LogP contribution in [0.2, 0.25) is 0 Å². The summed E-state index contributed by atoms with van der Waals surface area (Å²) >= 11 is 0. The Morgan fingerprint density at radius 1 is 1.28 bits per heavy atom. The fourth-order valence-electron chi connectivity index (χ4n) is 2.85. The zero-order valence-electron chi connectivity index (χ0n) is 11.9. The first-order valence-electron chi connectivity index (χ1n) is 7.09. The van der Waals surface area contributed by atoms with Gasteiger partial charge in [-0.15, -0.1) is 0 Å². The van der Waals surface area contributed by atoms with Gasteiger partial charge in [0.05, 0.1) is 0 Å². The van der Waals surface area contributed by atoms with Crippen LogP contribution in [0.4, 0.5) is 0 Å². The summed E-state index contributed by atoms with van der Waals surface area (Å²) in [5, 5.41) is 3.62. The minimum absolute atomic E-state index is 0.243. The van der Waals surface area contributed by atoms with E-state index in [1.165, 1.54) is 18.5 Å². The highest BCUT2D eigenvalue weighted by Crippen LogP contribution is 2.18. The van der Waals surface area contributed by atoms with Gasteiger partial charge in [0.1, 0.15) is 0 Å². The Kier molecular flexibility index (Phi) is 4.41. The van der Waals surface area contributed by atoms with Gasteiger partial charge in [-0.25, -0.2) is 0 Å². The average Bonchev–Trinajstić information content (AvgIpc) is 2.51. The molecule has 2 nitrogen and oxygen atoms in total. The Bertz CT molecular complexity index is 359. The molecule has 0 bridgehead atoms. The van der Waals surface area contributed by atoms with E-state index in [1.54, 1.807) is 0 Å². The Labute approximate surface area is 111 Å². The number of benzene rings is 1. The first-order valence-corrected chi connectivity index (χ1v) is 7.09. The van der Waals surface area contributed by atoms with Crippen molar-refractivity contribution in [2.45, 2.75) is 38.6 Å². The molecule has 100 valence electrons. The SMILES string of the molecule is CC(CN1CCCNC(C)(C)C1)c1ccccc1. The lowest BCUT2D eigenvalue weighted by Gasteiger charge is -2.31. The summed E-state index contributed by atoms with van der Waals surface area (Å²) in [5.74, 6) is 0.611. The molecule has 1 heterocycles. The summed E-state index contributed by atoms with van der Waals surface area (Å²) in [6, 6.07) is 10.9. The summed E-state index contributed by atoms with van der Waals surface area (Å²) in [7, 11) is 0. The van der Waals surface area contributed by atoms with E-state index >= 15 is 0 Å². The van der Waals surface area contributed by atoms with Crippen molar-refractivity contribution < 1.29 is 0 Å². The van der Waals surface area contributed by atoms with Gasteiger partial charge in [-0.05, 0) is 44.8 Å². The summed E-state index contributed by atoms with van der Waals surface area (Å²) < 4.78 is 0. The predicted molar refractivity (Wildman–Crippen MR) is 78.0 cm³/mol. The van der Waals surface area contributed by atoms with Gasteiger partial charge < -0.3 is 10.2 Å². The molecular weight excluding hydrogens is 220 g/mol. The molecule has 18 heavy (non-hydrogen) atoms. The molecule has 0 aromatic heterocycles. The van der Waals surface area contributed by atoms with Crippen LogP contribution in [0, 0.1) is 0 Å². The van der Waals surface area contributed by atoms with Gasteiger partial charge in [0.15, 0.2) is 0 Å². The maximum absolute atomic E-state index is 3.62. The summed E-state index contributed by atoms with van der Waals surface area (Å²) in [5.41, 5.74) is 1.69. The molecule has 0 spiro atoms. The van der Waals surface area contributed by atoms with Crippen LogP contribution in [-0.4, -0.2) is 36.6 Å². The van der Waals surface area contributed by atoms with Crippen LogP contribution in [-0.2, 0) is 0 Å². The van der Waals surface area contributed by atoms with E-state index in [1.807, 2.05) is 0 Å². The molecule has 1 saturated heterocycles. The normalized spacial score (nSPS) is 22.4. The molecule has 2 rings (SSSR count). The second-order valence-electron chi connectivity index (χ2n) is 6.21. The summed E-state index contributed by atoms with van der Waals surface area (Å²) in [6.45, 7) is 11.6. The van der Waals surface area contributed by atoms with E-state index in [0.717, 1.165) is 19.6 Å². The highest BCUT2D eigenvalue weighted by Gasteiger charge is 2.24. The predicted octanol–water partition coefficient (Wildman–Crippen LogP) is 2.86. The van der Waals surface area contributed by atoms with E-state index in [2.05, 4.69) is 61.3 Å². The van der Waals surface area contributed by atoms with Gasteiger partial charge in [-0.2, -0.15) is 0 Å². The van der Waals surface area contributed by atoms with Gasteiger partial charge in [0.25, 0.3) is 0 Å². The molecule has 1 unspecified atom stereocenters. The van der Waals surface area contributed by atoms with E-state index < -0.39 is 0 Å². The molecule has 1 fully saturated rings. The Balaban J connectivity index is 1.96. The number of rotatable bonds is 3. The molecular formula is C16H26N2. The van der Waals surface area contributed by atoms with Crippen LogP contribution in [0.25, 0.3) is 0 Å². The smallest absolute Gasteiger partial charge is 0.0252 e. The maximum atomic E-state index is 3.62. The molecule has 0 saturated carbocycles. The number of nitrogens with one attached hydrogen (secondary N) is 1. The Morgan fingerprint density at radius 2 is 2.00 bits per heavy atom. The fraction of sp³-hybridized carbons (Fsp3) is 0.625. The number of hydrogen-bond acceptors (Lipinski definition) is 2. The molecule has 0 radical (unpaired) electrons. The zero-order chi connectivity index (χ0) is 13.0. The Hall–Kier alpha value is -0.860. The van der Waals surface area contributed by atoms with Gasteiger partial charge in [0, 0.05) is 18.6 Å². The minimum atomic E-state index is 0.243. The molecule has 0 aliphatic carbocycles. The van der Waals surface area contributed by atoms with Crippen LogP contribution in [0.5, 0.6) is 0 Å². The zero-order valence-corrected chi connectivity index (χ0v) is 11.9. The lowest BCUT2D eigenvalue weighted by Crippen LogP contribution is -2.47. The Morgan fingerprint density at radius 3 is 2.72 bits per heavy atom. The van der Waals surface area contributed by atoms with Gasteiger partial charge in [-0.1, -0.05) is 37.3 Å². The second kappa shape index (κ2) is 5.85. The van der Waals surface area contributed by atoms with Crippen molar-refractivity contribution in [1.82, 2.24) is 10.2 Å². The van der Waals surface area contributed by atoms with Crippen LogP contribution < -0.4 is 5.32 Å². The van der Waals surface area contributed by atoms with Gasteiger partial charge in [-0.3, -0.25) is 0 Å². The summed E-state index contributed by atoms with van der Waals surface area (Å²) in [6.07, 6.45) is 1.25. The van der Waals surface area contributed by atoms with E-state index in [-0.39, 0.29) is 5.54 Å². The molecule has 1 aromatic rings.